The lowest BCUT2D eigenvalue weighted by molar-refractivity contribution is 0.0606. The van der Waals surface area contributed by atoms with Gasteiger partial charge in [0.2, 0.25) is 0 Å². The van der Waals surface area contributed by atoms with Crippen LogP contribution in [0.3, 0.4) is 0 Å². The van der Waals surface area contributed by atoms with E-state index in [4.69, 9.17) is 4.74 Å². The zero-order chi connectivity index (χ0) is 37.6. The number of carbonyl (C=O) groups is 3. The molecule has 3 heterocycles. The molecule has 0 bridgehead atoms. The van der Waals surface area contributed by atoms with E-state index in [0.29, 0.717) is 42.9 Å². The fourth-order valence-electron chi connectivity index (χ4n) is 7.73. The minimum Gasteiger partial charge on any atom is -0.410 e. The smallest absolute Gasteiger partial charge is 0.410 e. The largest absolute Gasteiger partial charge is 0.415 e. The van der Waals surface area contributed by atoms with Gasteiger partial charge in [0.25, 0.3) is 11.8 Å². The molecule has 0 saturated heterocycles. The van der Waals surface area contributed by atoms with Gasteiger partial charge in [-0.3, -0.25) is 9.59 Å². The van der Waals surface area contributed by atoms with Crippen molar-refractivity contribution in [3.8, 4) is 17.0 Å². The first-order chi connectivity index (χ1) is 25.6. The van der Waals surface area contributed by atoms with Gasteiger partial charge in [-0.1, -0.05) is 69.2 Å². The van der Waals surface area contributed by atoms with Crippen molar-refractivity contribution in [2.45, 2.75) is 78.4 Å². The summed E-state index contributed by atoms with van der Waals surface area (Å²) in [6.07, 6.45) is 4.94. The molecule has 3 aromatic carbocycles. The second kappa shape index (κ2) is 16.8. The summed E-state index contributed by atoms with van der Waals surface area (Å²) in [5.74, 6) is 0.495. The van der Waals surface area contributed by atoms with Crippen LogP contribution in [0, 0.1) is 6.92 Å². The van der Waals surface area contributed by atoms with Crippen LogP contribution in [0.5, 0.6) is 5.75 Å². The van der Waals surface area contributed by atoms with E-state index in [1.165, 1.54) is 5.56 Å². The van der Waals surface area contributed by atoms with Crippen molar-refractivity contribution in [1.29, 1.82) is 0 Å². The Bertz CT molecular complexity index is 1930. The second-order valence-electron chi connectivity index (χ2n) is 14.9. The molecule has 3 amide bonds. The molecule has 0 radical (unpaired) electrons. The molecule has 0 unspecified atom stereocenters. The van der Waals surface area contributed by atoms with Crippen LogP contribution in [0.1, 0.15) is 88.2 Å². The number of benzene rings is 3. The molecule has 1 aromatic heterocycles. The lowest BCUT2D eigenvalue weighted by atomic mass is 9.89. The molecule has 0 spiro atoms. The van der Waals surface area contributed by atoms with Gasteiger partial charge in [0.15, 0.2) is 0 Å². The normalized spacial score (nSPS) is 15.3. The topological polar surface area (TPSA) is 78.3 Å². The number of rotatable bonds is 12. The number of aromatic nitrogens is 1. The molecule has 0 fully saturated rings. The molecular weight excluding hydrogens is 663 g/mol. The number of likely N-dealkylation sites (N-methyl/N-ethyl adjacent to an activating group) is 1. The van der Waals surface area contributed by atoms with E-state index in [0.717, 1.165) is 85.4 Å². The number of unbranched alkanes of at least 4 members (excludes halogenated alkanes) is 2. The van der Waals surface area contributed by atoms with E-state index in [1.54, 1.807) is 17.0 Å². The molecule has 2 aliphatic rings. The van der Waals surface area contributed by atoms with Gasteiger partial charge >= 0.3 is 6.09 Å². The highest BCUT2D eigenvalue weighted by molar-refractivity contribution is 6.03. The zero-order valence-corrected chi connectivity index (χ0v) is 32.4. The third kappa shape index (κ3) is 8.36. The maximum atomic E-state index is 15.1. The van der Waals surface area contributed by atoms with Gasteiger partial charge in [0.1, 0.15) is 5.75 Å². The summed E-state index contributed by atoms with van der Waals surface area (Å²) < 4.78 is 7.78. The first kappa shape index (κ1) is 37.9. The predicted molar refractivity (Wildman–Crippen MR) is 210 cm³/mol. The molecule has 280 valence electrons. The van der Waals surface area contributed by atoms with Gasteiger partial charge in [0.05, 0.1) is 5.56 Å². The number of amides is 3. The van der Waals surface area contributed by atoms with Crippen molar-refractivity contribution in [3.05, 3.63) is 112 Å². The van der Waals surface area contributed by atoms with Crippen LogP contribution in [0.15, 0.2) is 72.8 Å². The summed E-state index contributed by atoms with van der Waals surface area (Å²) in [5, 5.41) is 0. The molecule has 53 heavy (non-hydrogen) atoms. The maximum Gasteiger partial charge on any atom is 0.415 e. The van der Waals surface area contributed by atoms with E-state index in [1.807, 2.05) is 74.3 Å². The molecule has 1 atom stereocenters. The average Bonchev–Trinajstić information content (AvgIpc) is 3.46. The average molecular weight is 718 g/mol. The van der Waals surface area contributed by atoms with Crippen molar-refractivity contribution in [2.75, 3.05) is 40.3 Å². The number of fused-ring (bicyclic) bond motifs is 2. The summed E-state index contributed by atoms with van der Waals surface area (Å²) in [6, 6.07) is 23.6. The van der Waals surface area contributed by atoms with Crippen molar-refractivity contribution >= 4 is 17.9 Å². The summed E-state index contributed by atoms with van der Waals surface area (Å²) in [6.45, 7) is 9.84. The number of ether oxygens (including phenoxy) is 1. The van der Waals surface area contributed by atoms with Crippen molar-refractivity contribution < 1.29 is 19.1 Å². The monoisotopic (exact) mass is 717 g/mol. The summed E-state index contributed by atoms with van der Waals surface area (Å²) in [7, 11) is 6.09. The Labute approximate surface area is 315 Å². The van der Waals surface area contributed by atoms with Crippen molar-refractivity contribution in [3.63, 3.8) is 0 Å². The number of para-hydroxylation sites is 1. The molecule has 0 saturated carbocycles. The highest BCUT2D eigenvalue weighted by Gasteiger charge is 2.34. The van der Waals surface area contributed by atoms with E-state index >= 15 is 4.79 Å². The van der Waals surface area contributed by atoms with Crippen LogP contribution < -0.4 is 4.74 Å². The number of carbonyl (C=O) groups excluding carboxylic acids is 3. The fraction of sp³-hybridized carbons (Fsp3) is 0.432. The molecule has 6 rings (SSSR count). The van der Waals surface area contributed by atoms with Crippen LogP contribution in [0.2, 0.25) is 0 Å². The van der Waals surface area contributed by atoms with Gasteiger partial charge < -0.3 is 28.9 Å². The van der Waals surface area contributed by atoms with Crippen LogP contribution in [0.4, 0.5) is 4.79 Å². The first-order valence-electron chi connectivity index (χ1n) is 19.3. The summed E-state index contributed by atoms with van der Waals surface area (Å²) in [5.41, 5.74) is 8.26. The van der Waals surface area contributed by atoms with E-state index in [-0.39, 0.29) is 17.9 Å². The predicted octanol–water partition coefficient (Wildman–Crippen LogP) is 7.73. The quantitative estimate of drug-likeness (QED) is 0.150. The molecule has 9 heteroatoms. The minimum absolute atomic E-state index is 0.0217. The highest BCUT2D eigenvalue weighted by Crippen LogP contribution is 2.36. The maximum absolute atomic E-state index is 15.1. The third-order valence-corrected chi connectivity index (χ3v) is 10.9. The second-order valence-corrected chi connectivity index (χ2v) is 14.9. The molecule has 4 aromatic rings. The molecule has 0 aliphatic carbocycles. The summed E-state index contributed by atoms with van der Waals surface area (Å²) in [4.78, 5) is 50.5. The van der Waals surface area contributed by atoms with E-state index in [9.17, 15) is 9.59 Å². The van der Waals surface area contributed by atoms with Gasteiger partial charge in [-0.05, 0) is 99.3 Å². The lowest BCUT2D eigenvalue weighted by Gasteiger charge is -2.39. The first-order valence-corrected chi connectivity index (χ1v) is 19.3. The van der Waals surface area contributed by atoms with Crippen LogP contribution in [-0.4, -0.2) is 88.4 Å². The standard InChI is InChI=1S/C44H55N5O4/c1-7-9-21-47(22-10-8-2)42(50)38-27-41(46(6)31(38)3)39-25-33-20-23-48(44(52)53-37-18-12-11-13-19-37)28-35(33)26-40(39)43(51)49-29-34-17-15-14-16-32(34)24-36(49)30-45(4)5/h11-19,25-27,36H,7-10,20-24,28-30H2,1-6H3/t36-/m0/s1. The van der Waals surface area contributed by atoms with Crippen LogP contribution in [-0.2, 0) is 33.0 Å². The molecule has 9 nitrogen and oxygen atoms in total. The van der Waals surface area contributed by atoms with Gasteiger partial charge in [-0.2, -0.15) is 0 Å². The van der Waals surface area contributed by atoms with E-state index in [2.05, 4.69) is 47.6 Å². The molecular formula is C44H55N5O4. The molecule has 2 aliphatic heterocycles. The van der Waals surface area contributed by atoms with Crippen molar-refractivity contribution in [2.24, 2.45) is 7.05 Å². The summed E-state index contributed by atoms with van der Waals surface area (Å²) >= 11 is 0. The Morgan fingerprint density at radius 2 is 1.49 bits per heavy atom. The zero-order valence-electron chi connectivity index (χ0n) is 32.4. The lowest BCUT2D eigenvalue weighted by Crippen LogP contribution is -2.49. The third-order valence-electron chi connectivity index (χ3n) is 10.9. The minimum atomic E-state index is -0.408. The Hall–Kier alpha value is -4.89. The fourth-order valence-corrected chi connectivity index (χ4v) is 7.73. The number of hydrogen-bond donors (Lipinski definition) is 0. The Morgan fingerprint density at radius 3 is 2.17 bits per heavy atom. The Balaban J connectivity index is 1.42. The van der Waals surface area contributed by atoms with E-state index < -0.39 is 6.09 Å². The van der Waals surface area contributed by atoms with Crippen LogP contribution >= 0.6 is 0 Å². The SMILES string of the molecule is CCCCN(CCCC)C(=O)c1cc(-c2cc3c(cc2C(=O)N2Cc4ccccc4C[C@H]2CN(C)C)CN(C(=O)Oc2ccccc2)CC3)n(C)c1C. The van der Waals surface area contributed by atoms with Crippen molar-refractivity contribution in [1.82, 2.24) is 24.2 Å². The Kier molecular flexibility index (Phi) is 12.0. The van der Waals surface area contributed by atoms with Gasteiger partial charge in [0, 0.05) is 74.9 Å². The highest BCUT2D eigenvalue weighted by atomic mass is 16.6. The van der Waals surface area contributed by atoms with Crippen LogP contribution in [0.25, 0.3) is 11.3 Å². The Morgan fingerprint density at radius 1 is 0.811 bits per heavy atom. The molecule has 0 N–H and O–H groups in total. The number of nitrogens with zero attached hydrogens (tertiary/aromatic N) is 5. The number of hydrogen-bond acceptors (Lipinski definition) is 5. The van der Waals surface area contributed by atoms with Gasteiger partial charge in [-0.15, -0.1) is 0 Å². The van der Waals surface area contributed by atoms with Gasteiger partial charge in [-0.25, -0.2) is 4.79 Å².